The lowest BCUT2D eigenvalue weighted by molar-refractivity contribution is -0.144. The molecule has 8 heteroatoms. The molecule has 0 bridgehead atoms. The Hall–Kier alpha value is -2.03. The molecule has 2 fully saturated rings. The van der Waals surface area contributed by atoms with Gasteiger partial charge in [0, 0.05) is 43.3 Å². The summed E-state index contributed by atoms with van der Waals surface area (Å²) in [6.07, 6.45) is 4.49. The second-order valence-corrected chi connectivity index (χ2v) is 10.2. The summed E-state index contributed by atoms with van der Waals surface area (Å²) in [5, 5.41) is 0.0512. The summed E-state index contributed by atoms with van der Waals surface area (Å²) >= 11 is 1.30. The summed E-state index contributed by atoms with van der Waals surface area (Å²) in [6, 6.07) is 5.91. The van der Waals surface area contributed by atoms with Gasteiger partial charge in [0.2, 0.25) is 0 Å². The number of likely N-dealkylation sites (tertiary alicyclic amines) is 1. The van der Waals surface area contributed by atoms with Crippen LogP contribution in [0.3, 0.4) is 0 Å². The highest BCUT2D eigenvalue weighted by molar-refractivity contribution is 8.14. The quantitative estimate of drug-likeness (QED) is 0.343. The number of benzene rings is 1. The second kappa shape index (κ2) is 12.6. The smallest absolute Gasteiger partial charge is 0.320 e. The lowest BCUT2D eigenvalue weighted by Gasteiger charge is -2.38. The van der Waals surface area contributed by atoms with E-state index in [0.717, 1.165) is 18.4 Å². The monoisotopic (exact) mass is 490 g/mol. The minimum Gasteiger partial charge on any atom is -0.465 e. The molecule has 2 aliphatic rings. The van der Waals surface area contributed by atoms with E-state index in [9.17, 15) is 18.8 Å². The Bertz CT molecular complexity index is 918. The Morgan fingerprint density at radius 1 is 1.24 bits per heavy atom. The Morgan fingerprint density at radius 3 is 2.59 bits per heavy atom. The van der Waals surface area contributed by atoms with Crippen molar-refractivity contribution in [1.29, 1.82) is 0 Å². The second-order valence-electron chi connectivity index (χ2n) is 8.87. The molecule has 1 heterocycles. The Balaban J connectivity index is 1.83. The summed E-state index contributed by atoms with van der Waals surface area (Å²) in [5.74, 6) is -0.544. The van der Waals surface area contributed by atoms with Crippen LogP contribution in [0.2, 0.25) is 0 Å². The fourth-order valence-corrected chi connectivity index (χ4v) is 5.34. The zero-order valence-corrected chi connectivity index (χ0v) is 21.1. The van der Waals surface area contributed by atoms with Crippen molar-refractivity contribution in [3.8, 4) is 0 Å². The first-order chi connectivity index (χ1) is 16.3. The highest BCUT2D eigenvalue weighted by Crippen LogP contribution is 2.40. The van der Waals surface area contributed by atoms with E-state index in [2.05, 4.69) is 11.0 Å². The molecule has 1 aromatic rings. The first-order valence-electron chi connectivity index (χ1n) is 12.1. The van der Waals surface area contributed by atoms with Crippen molar-refractivity contribution in [3.63, 3.8) is 0 Å². The number of piperidine rings is 1. The number of thioether (sulfide) groups is 1. The van der Waals surface area contributed by atoms with Gasteiger partial charge in [0.25, 0.3) is 0 Å². The normalized spacial score (nSPS) is 21.0. The lowest BCUT2D eigenvalue weighted by Crippen LogP contribution is -2.43. The Labute approximate surface area is 205 Å². The number of ether oxygens (including phenoxy) is 1. The van der Waals surface area contributed by atoms with E-state index in [0.29, 0.717) is 44.8 Å². The third-order valence-corrected chi connectivity index (χ3v) is 7.47. The molecule has 186 valence electrons. The molecule has 0 aromatic heterocycles. The van der Waals surface area contributed by atoms with E-state index in [-0.39, 0.29) is 40.4 Å². The highest BCUT2D eigenvalue weighted by Gasteiger charge is 2.41. The molecule has 3 rings (SSSR count). The van der Waals surface area contributed by atoms with Crippen LogP contribution in [0.25, 0.3) is 0 Å². The minimum atomic E-state index is -0.623. The van der Waals surface area contributed by atoms with Crippen LogP contribution in [0.5, 0.6) is 0 Å². The molecule has 1 aliphatic heterocycles. The lowest BCUT2D eigenvalue weighted by atomic mass is 9.93. The molecule has 1 saturated heterocycles. The van der Waals surface area contributed by atoms with Crippen molar-refractivity contribution >= 4 is 28.6 Å². The molecular weight excluding hydrogens is 455 g/mol. The van der Waals surface area contributed by atoms with Crippen molar-refractivity contribution in [1.82, 2.24) is 9.80 Å². The molecule has 1 aromatic carbocycles. The predicted octanol–water partition coefficient (Wildman–Crippen LogP) is 4.01. The topological polar surface area (TPSA) is 66.9 Å². The van der Waals surface area contributed by atoms with Crippen LogP contribution >= 0.6 is 11.8 Å². The summed E-state index contributed by atoms with van der Waals surface area (Å²) in [6.45, 7) is 8.17. The van der Waals surface area contributed by atoms with Gasteiger partial charge in [-0.25, -0.2) is 4.39 Å². The molecular formula is C26H35FN2O4S. The molecule has 0 N–H and O–H groups in total. The fourth-order valence-electron chi connectivity index (χ4n) is 4.39. The maximum Gasteiger partial charge on any atom is 0.320 e. The van der Waals surface area contributed by atoms with Crippen molar-refractivity contribution in [2.45, 2.75) is 51.3 Å². The number of rotatable bonds is 11. The first-order valence-corrected chi connectivity index (χ1v) is 13.0. The van der Waals surface area contributed by atoms with Crippen LogP contribution in [0.1, 0.15) is 51.6 Å². The number of nitrogens with zero attached hydrogens (tertiary/aromatic N) is 2. The van der Waals surface area contributed by atoms with E-state index < -0.39 is 6.04 Å². The predicted molar refractivity (Wildman–Crippen MR) is 132 cm³/mol. The third kappa shape index (κ3) is 7.23. The summed E-state index contributed by atoms with van der Waals surface area (Å²) in [5.41, 5.74) is 1.47. The summed E-state index contributed by atoms with van der Waals surface area (Å²) in [4.78, 5) is 41.1. The largest absolute Gasteiger partial charge is 0.465 e. The number of esters is 1. The average molecular weight is 491 g/mol. The van der Waals surface area contributed by atoms with Crippen LogP contribution in [0, 0.1) is 11.7 Å². The maximum atomic E-state index is 14.8. The van der Waals surface area contributed by atoms with Gasteiger partial charge in [-0.1, -0.05) is 43.0 Å². The van der Waals surface area contributed by atoms with E-state index in [1.807, 2.05) is 11.8 Å². The number of hydrogen-bond donors (Lipinski definition) is 0. The van der Waals surface area contributed by atoms with Crippen LogP contribution < -0.4 is 0 Å². The van der Waals surface area contributed by atoms with Gasteiger partial charge in [-0.05, 0) is 44.4 Å². The van der Waals surface area contributed by atoms with Crippen molar-refractivity contribution in [2.75, 3.05) is 39.3 Å². The number of carbonyl (C=O) groups excluding carboxylic acids is 3. The molecule has 34 heavy (non-hydrogen) atoms. The number of carbonyl (C=O) groups is 3. The zero-order valence-electron chi connectivity index (χ0n) is 20.3. The molecule has 2 unspecified atom stereocenters. The highest BCUT2D eigenvalue weighted by atomic mass is 32.2. The van der Waals surface area contributed by atoms with Gasteiger partial charge in [0.05, 0.1) is 19.2 Å². The van der Waals surface area contributed by atoms with Crippen LogP contribution in [0.4, 0.5) is 4.39 Å². The minimum absolute atomic E-state index is 0.00140. The van der Waals surface area contributed by atoms with Crippen LogP contribution in [-0.4, -0.2) is 71.2 Å². The van der Waals surface area contributed by atoms with Crippen molar-refractivity contribution in [2.24, 2.45) is 5.92 Å². The third-order valence-electron chi connectivity index (χ3n) is 6.32. The molecule has 0 spiro atoms. The van der Waals surface area contributed by atoms with E-state index in [4.69, 9.17) is 4.74 Å². The average Bonchev–Trinajstić information content (AvgIpc) is 3.64. The van der Waals surface area contributed by atoms with Gasteiger partial charge in [-0.2, -0.15) is 0 Å². The molecule has 0 amide bonds. The molecule has 1 saturated carbocycles. The van der Waals surface area contributed by atoms with E-state index in [1.54, 1.807) is 32.0 Å². The maximum absolute atomic E-state index is 14.8. The van der Waals surface area contributed by atoms with Gasteiger partial charge in [0.15, 0.2) is 10.9 Å². The number of halogens is 1. The summed E-state index contributed by atoms with van der Waals surface area (Å²) < 4.78 is 19.8. The first kappa shape index (κ1) is 26.6. The van der Waals surface area contributed by atoms with E-state index >= 15 is 0 Å². The Kier molecular flexibility index (Phi) is 9.85. The fraction of sp³-hybridized carbons (Fsp3) is 0.577. The van der Waals surface area contributed by atoms with Gasteiger partial charge in [-0.15, -0.1) is 0 Å². The zero-order chi connectivity index (χ0) is 24.7. The number of Topliss-reactive ketones (excluding diaryl/α,β-unsaturated/α-hetero) is 1. The number of hydrogen-bond acceptors (Lipinski definition) is 7. The van der Waals surface area contributed by atoms with Gasteiger partial charge in [0.1, 0.15) is 5.82 Å². The van der Waals surface area contributed by atoms with Crippen LogP contribution in [-0.2, 0) is 19.1 Å². The van der Waals surface area contributed by atoms with Gasteiger partial charge in [-0.3, -0.25) is 24.2 Å². The standard InChI is InChI=1S/C26H35FN2O4S/c1-4-28(17-24(31)33-5-2)14-12-20-16-29(15-13-23(20)34-18(3)30)25(26(32)19-10-11-19)21-8-6-7-9-22(21)27/h6-9,12,19,23,25H,4-5,10-11,13-17H2,1-3H3/b20-12+. The van der Waals surface area contributed by atoms with Crippen molar-refractivity contribution < 1.29 is 23.5 Å². The molecule has 2 atom stereocenters. The van der Waals surface area contributed by atoms with Crippen molar-refractivity contribution in [3.05, 3.63) is 47.3 Å². The number of likely N-dealkylation sites (N-methyl/N-ethyl adjacent to an activating group) is 1. The summed E-state index contributed by atoms with van der Waals surface area (Å²) in [7, 11) is 0. The molecule has 6 nitrogen and oxygen atoms in total. The van der Waals surface area contributed by atoms with Gasteiger partial charge >= 0.3 is 5.97 Å². The van der Waals surface area contributed by atoms with E-state index in [1.165, 1.54) is 17.8 Å². The molecule has 0 radical (unpaired) electrons. The van der Waals surface area contributed by atoms with Crippen LogP contribution in [0.15, 0.2) is 35.9 Å². The SMILES string of the molecule is CCOC(=O)CN(CC)C/C=C1\CN(C(C(=O)C2CC2)c2ccccc2F)CCC1SC(C)=O. The Morgan fingerprint density at radius 2 is 1.97 bits per heavy atom. The van der Waals surface area contributed by atoms with Gasteiger partial charge < -0.3 is 4.74 Å². The molecule has 1 aliphatic carbocycles. The number of ketones is 1.